The monoisotopic (exact) mass is 434 g/mol. The van der Waals surface area contributed by atoms with Gasteiger partial charge in [-0.1, -0.05) is 12.1 Å². The molecular weight excluding hydrogens is 404 g/mol. The van der Waals surface area contributed by atoms with Gasteiger partial charge in [-0.2, -0.15) is 0 Å². The summed E-state index contributed by atoms with van der Waals surface area (Å²) in [5, 5.41) is 2.92. The molecule has 0 aliphatic rings. The van der Waals surface area contributed by atoms with Gasteiger partial charge in [0.15, 0.2) is 11.5 Å². The van der Waals surface area contributed by atoms with Gasteiger partial charge < -0.3 is 19.5 Å². The third kappa shape index (κ3) is 6.31. The number of pyridine rings is 1. The molecule has 1 unspecified atom stereocenters. The Morgan fingerprint density at radius 2 is 1.66 bits per heavy atom. The summed E-state index contributed by atoms with van der Waals surface area (Å²) in [5.41, 5.74) is 2.80. The van der Waals surface area contributed by atoms with Gasteiger partial charge >= 0.3 is 0 Å². The van der Waals surface area contributed by atoms with E-state index in [1.54, 1.807) is 25.3 Å². The summed E-state index contributed by atoms with van der Waals surface area (Å²) < 4.78 is 17.0. The third-order valence-electron chi connectivity index (χ3n) is 4.84. The number of hydrogen-bond acceptors (Lipinski definition) is 5. The molecule has 1 amide bonds. The molecule has 32 heavy (non-hydrogen) atoms. The Kier molecular flexibility index (Phi) is 7.84. The van der Waals surface area contributed by atoms with E-state index in [1.165, 1.54) is 0 Å². The van der Waals surface area contributed by atoms with Crippen LogP contribution < -0.4 is 14.8 Å². The zero-order valence-electron chi connectivity index (χ0n) is 19.2. The molecule has 0 saturated carbocycles. The molecule has 0 spiro atoms. The highest BCUT2D eigenvalue weighted by atomic mass is 16.5. The third-order valence-corrected chi connectivity index (χ3v) is 4.84. The van der Waals surface area contributed by atoms with Crippen LogP contribution in [-0.4, -0.2) is 30.2 Å². The van der Waals surface area contributed by atoms with Crippen LogP contribution in [0.2, 0.25) is 0 Å². The summed E-state index contributed by atoms with van der Waals surface area (Å²) in [6.07, 6.45) is 0.824. The van der Waals surface area contributed by atoms with Crippen LogP contribution in [0.1, 0.15) is 42.5 Å². The van der Waals surface area contributed by atoms with Crippen molar-refractivity contribution in [1.29, 1.82) is 0 Å². The van der Waals surface area contributed by atoms with Gasteiger partial charge in [0.1, 0.15) is 5.75 Å². The summed E-state index contributed by atoms with van der Waals surface area (Å²) >= 11 is 0. The lowest BCUT2D eigenvalue weighted by Gasteiger charge is -2.15. The van der Waals surface area contributed by atoms with E-state index in [4.69, 9.17) is 14.2 Å². The van der Waals surface area contributed by atoms with E-state index in [2.05, 4.69) is 10.3 Å². The van der Waals surface area contributed by atoms with Crippen molar-refractivity contribution in [3.05, 3.63) is 77.6 Å². The largest absolute Gasteiger partial charge is 0.487 e. The molecule has 1 heterocycles. The summed E-state index contributed by atoms with van der Waals surface area (Å²) in [6.45, 7) is 7.77. The van der Waals surface area contributed by atoms with E-state index in [9.17, 15) is 4.79 Å². The van der Waals surface area contributed by atoms with Gasteiger partial charge in [0.05, 0.1) is 23.5 Å². The molecule has 6 nitrogen and oxygen atoms in total. The lowest BCUT2D eigenvalue weighted by atomic mass is 10.1. The number of carbonyl (C=O) groups excluding carboxylic acids is 1. The van der Waals surface area contributed by atoms with Crippen molar-refractivity contribution in [2.75, 3.05) is 12.4 Å². The molecule has 1 aromatic heterocycles. The number of benzene rings is 2. The normalized spacial score (nSPS) is 11.8. The SMILES string of the molecule is COC(C)Cc1ccc(C(=O)Nc2ccc(Oc3ccccc3OC(C)C)cc2)c(C)n1. The minimum absolute atomic E-state index is 0.0488. The molecule has 168 valence electrons. The number of aryl methyl sites for hydroxylation is 1. The average molecular weight is 435 g/mol. The number of amides is 1. The molecule has 0 aliphatic heterocycles. The average Bonchev–Trinajstić information content (AvgIpc) is 2.76. The maximum absolute atomic E-state index is 12.7. The molecule has 1 atom stereocenters. The topological polar surface area (TPSA) is 69.7 Å². The number of anilines is 1. The minimum atomic E-state index is -0.203. The van der Waals surface area contributed by atoms with Crippen LogP contribution in [0, 0.1) is 6.92 Å². The first kappa shape index (κ1) is 23.3. The maximum atomic E-state index is 12.7. The lowest BCUT2D eigenvalue weighted by Crippen LogP contribution is -2.16. The van der Waals surface area contributed by atoms with Gasteiger partial charge in [-0.25, -0.2) is 0 Å². The van der Waals surface area contributed by atoms with Crippen molar-refractivity contribution in [3.8, 4) is 17.2 Å². The maximum Gasteiger partial charge on any atom is 0.257 e. The first-order chi connectivity index (χ1) is 15.4. The number of nitrogens with zero attached hydrogens (tertiary/aromatic N) is 1. The number of hydrogen-bond donors (Lipinski definition) is 1. The first-order valence-corrected chi connectivity index (χ1v) is 10.7. The van der Waals surface area contributed by atoms with E-state index in [-0.39, 0.29) is 18.1 Å². The number of nitrogens with one attached hydrogen (secondary N) is 1. The number of rotatable bonds is 9. The molecule has 3 rings (SSSR count). The second kappa shape index (κ2) is 10.8. The summed E-state index contributed by atoms with van der Waals surface area (Å²) in [4.78, 5) is 17.3. The Bertz CT molecular complexity index is 1050. The van der Waals surface area contributed by atoms with Crippen molar-refractivity contribution in [3.63, 3.8) is 0 Å². The van der Waals surface area contributed by atoms with Crippen LogP contribution in [0.5, 0.6) is 17.2 Å². The van der Waals surface area contributed by atoms with Gasteiger partial charge in [0.25, 0.3) is 5.91 Å². The number of ether oxygens (including phenoxy) is 3. The van der Waals surface area contributed by atoms with E-state index < -0.39 is 0 Å². The molecule has 2 aromatic carbocycles. The van der Waals surface area contributed by atoms with Crippen molar-refractivity contribution >= 4 is 11.6 Å². The minimum Gasteiger partial charge on any atom is -0.487 e. The van der Waals surface area contributed by atoms with Gasteiger partial charge in [-0.15, -0.1) is 0 Å². The van der Waals surface area contributed by atoms with Crippen LogP contribution in [0.4, 0.5) is 5.69 Å². The Morgan fingerprint density at radius 1 is 0.969 bits per heavy atom. The summed E-state index contributed by atoms with van der Waals surface area (Å²) in [5.74, 6) is 1.77. The van der Waals surface area contributed by atoms with Crippen LogP contribution in [0.15, 0.2) is 60.7 Å². The number of carbonyl (C=O) groups is 1. The molecule has 3 aromatic rings. The standard InChI is InChI=1S/C26H30N2O4/c1-17(2)31-24-8-6-7-9-25(24)32-22-13-10-20(11-14-22)28-26(29)23-15-12-21(27-19(23)4)16-18(3)30-5/h6-15,17-18H,16H2,1-5H3,(H,28,29). The molecule has 0 fully saturated rings. The van der Waals surface area contributed by atoms with Crippen LogP contribution in [-0.2, 0) is 11.2 Å². The van der Waals surface area contributed by atoms with E-state index >= 15 is 0 Å². The molecule has 6 heteroatoms. The van der Waals surface area contributed by atoms with Gasteiger partial charge in [0.2, 0.25) is 0 Å². The molecule has 0 aliphatic carbocycles. The Morgan fingerprint density at radius 3 is 2.28 bits per heavy atom. The van der Waals surface area contributed by atoms with Crippen molar-refractivity contribution in [1.82, 2.24) is 4.98 Å². The molecular formula is C26H30N2O4. The quantitative estimate of drug-likeness (QED) is 0.461. The van der Waals surface area contributed by atoms with Crippen LogP contribution in [0.3, 0.4) is 0 Å². The fourth-order valence-electron chi connectivity index (χ4n) is 3.16. The number of methoxy groups -OCH3 is 1. The Labute approximate surface area is 189 Å². The van der Waals surface area contributed by atoms with Gasteiger partial charge in [-0.3, -0.25) is 9.78 Å². The fraction of sp³-hybridized carbons (Fsp3) is 0.308. The second-order valence-corrected chi connectivity index (χ2v) is 7.88. The fourth-order valence-corrected chi connectivity index (χ4v) is 3.16. The van der Waals surface area contributed by atoms with E-state index in [1.807, 2.05) is 70.2 Å². The van der Waals surface area contributed by atoms with Crippen LogP contribution >= 0.6 is 0 Å². The summed E-state index contributed by atoms with van der Waals surface area (Å²) in [6, 6.07) is 18.4. The number of para-hydroxylation sites is 2. The Hall–Kier alpha value is -3.38. The molecule has 0 bridgehead atoms. The second-order valence-electron chi connectivity index (χ2n) is 7.88. The van der Waals surface area contributed by atoms with Gasteiger partial charge in [-0.05, 0) is 76.2 Å². The van der Waals surface area contributed by atoms with Gasteiger partial charge in [0, 0.05) is 24.9 Å². The van der Waals surface area contributed by atoms with Crippen molar-refractivity contribution in [2.24, 2.45) is 0 Å². The van der Waals surface area contributed by atoms with E-state index in [0.717, 1.165) is 5.69 Å². The van der Waals surface area contributed by atoms with E-state index in [0.29, 0.717) is 40.6 Å². The lowest BCUT2D eigenvalue weighted by molar-refractivity contribution is 0.102. The van der Waals surface area contributed by atoms with Crippen LogP contribution in [0.25, 0.3) is 0 Å². The van der Waals surface area contributed by atoms with Crippen molar-refractivity contribution < 1.29 is 19.0 Å². The first-order valence-electron chi connectivity index (χ1n) is 10.7. The highest BCUT2D eigenvalue weighted by Gasteiger charge is 2.13. The predicted octanol–water partition coefficient (Wildman–Crippen LogP) is 5.80. The zero-order valence-corrected chi connectivity index (χ0v) is 19.2. The number of aromatic nitrogens is 1. The predicted molar refractivity (Wildman–Crippen MR) is 126 cm³/mol. The van der Waals surface area contributed by atoms with Crippen molar-refractivity contribution in [2.45, 2.75) is 46.3 Å². The highest BCUT2D eigenvalue weighted by Crippen LogP contribution is 2.32. The summed E-state index contributed by atoms with van der Waals surface area (Å²) in [7, 11) is 1.67. The smallest absolute Gasteiger partial charge is 0.257 e. The zero-order chi connectivity index (χ0) is 23.1. The molecule has 0 radical (unpaired) electrons. The Balaban J connectivity index is 1.65. The molecule has 1 N–H and O–H groups in total. The molecule has 0 saturated heterocycles. The highest BCUT2D eigenvalue weighted by molar-refractivity contribution is 6.05.